The fraction of sp³-hybridized carbons (Fsp3) is 0.294. The summed E-state index contributed by atoms with van der Waals surface area (Å²) in [5.41, 5.74) is 2.47. The molecule has 1 unspecified atom stereocenters. The summed E-state index contributed by atoms with van der Waals surface area (Å²) in [6, 6.07) is 11.2. The summed E-state index contributed by atoms with van der Waals surface area (Å²) in [5, 5.41) is 16.0. The molecule has 0 aliphatic heterocycles. The van der Waals surface area contributed by atoms with Gasteiger partial charge in [0.1, 0.15) is 5.82 Å². The van der Waals surface area contributed by atoms with Crippen molar-refractivity contribution < 1.29 is 9.90 Å². The highest BCUT2D eigenvalue weighted by molar-refractivity contribution is 5.93. The van der Waals surface area contributed by atoms with Gasteiger partial charge in [0, 0.05) is 19.3 Å². The summed E-state index contributed by atoms with van der Waals surface area (Å²) in [5.74, 6) is 0.488. The SMILES string of the molecule is CCNC(=O)c1ccc(NCC(O)c2ccccc2C)nc1. The lowest BCUT2D eigenvalue weighted by atomic mass is 10.0. The lowest BCUT2D eigenvalue weighted by molar-refractivity contribution is 0.0955. The summed E-state index contributed by atoms with van der Waals surface area (Å²) in [7, 11) is 0. The molecule has 0 aliphatic rings. The monoisotopic (exact) mass is 299 g/mol. The zero-order valence-electron chi connectivity index (χ0n) is 12.8. The van der Waals surface area contributed by atoms with E-state index in [4.69, 9.17) is 0 Å². The summed E-state index contributed by atoms with van der Waals surface area (Å²) in [6.45, 7) is 4.78. The number of anilines is 1. The molecule has 2 rings (SSSR count). The number of nitrogens with zero attached hydrogens (tertiary/aromatic N) is 1. The number of hydrogen-bond donors (Lipinski definition) is 3. The highest BCUT2D eigenvalue weighted by Crippen LogP contribution is 2.17. The minimum Gasteiger partial charge on any atom is -0.387 e. The number of aliphatic hydroxyl groups excluding tert-OH is 1. The number of carbonyl (C=O) groups excluding carboxylic acids is 1. The van der Waals surface area contributed by atoms with E-state index >= 15 is 0 Å². The highest BCUT2D eigenvalue weighted by atomic mass is 16.3. The quantitative estimate of drug-likeness (QED) is 0.765. The van der Waals surface area contributed by atoms with E-state index in [1.54, 1.807) is 12.1 Å². The molecule has 0 bridgehead atoms. The number of aryl methyl sites for hydroxylation is 1. The van der Waals surface area contributed by atoms with Crippen LogP contribution in [0.2, 0.25) is 0 Å². The highest BCUT2D eigenvalue weighted by Gasteiger charge is 2.10. The first-order valence-electron chi connectivity index (χ1n) is 7.33. The fourth-order valence-electron chi connectivity index (χ4n) is 2.17. The average Bonchev–Trinajstić information content (AvgIpc) is 2.54. The molecule has 1 aromatic heterocycles. The molecule has 1 aromatic carbocycles. The first-order chi connectivity index (χ1) is 10.6. The standard InChI is InChI=1S/C17H21N3O2/c1-3-18-17(22)13-8-9-16(19-10-13)20-11-15(21)14-7-5-4-6-12(14)2/h4-10,15,21H,3,11H2,1-2H3,(H,18,22)(H,19,20). The fourth-order valence-corrected chi connectivity index (χ4v) is 2.17. The molecule has 0 radical (unpaired) electrons. The van der Waals surface area contributed by atoms with Crippen molar-refractivity contribution in [2.45, 2.75) is 20.0 Å². The lowest BCUT2D eigenvalue weighted by Gasteiger charge is -2.15. The van der Waals surface area contributed by atoms with E-state index in [9.17, 15) is 9.90 Å². The van der Waals surface area contributed by atoms with E-state index < -0.39 is 6.10 Å². The summed E-state index contributed by atoms with van der Waals surface area (Å²) in [6.07, 6.45) is 0.916. The van der Waals surface area contributed by atoms with Crippen LogP contribution in [0.1, 0.15) is 34.5 Å². The van der Waals surface area contributed by atoms with E-state index in [-0.39, 0.29) is 5.91 Å². The van der Waals surface area contributed by atoms with Crippen molar-refractivity contribution in [1.29, 1.82) is 0 Å². The van der Waals surface area contributed by atoms with Gasteiger partial charge in [0.15, 0.2) is 0 Å². The molecular formula is C17H21N3O2. The number of benzene rings is 1. The van der Waals surface area contributed by atoms with Crippen LogP contribution in [0.15, 0.2) is 42.6 Å². The van der Waals surface area contributed by atoms with Crippen molar-refractivity contribution in [2.24, 2.45) is 0 Å². The first-order valence-corrected chi connectivity index (χ1v) is 7.33. The maximum Gasteiger partial charge on any atom is 0.252 e. The summed E-state index contributed by atoms with van der Waals surface area (Å²) >= 11 is 0. The van der Waals surface area contributed by atoms with Crippen molar-refractivity contribution in [3.05, 3.63) is 59.3 Å². The molecule has 1 heterocycles. The van der Waals surface area contributed by atoms with Crippen LogP contribution in [0.4, 0.5) is 5.82 Å². The predicted octanol–water partition coefficient (Wildman–Crippen LogP) is 2.29. The molecule has 0 fully saturated rings. The van der Waals surface area contributed by atoms with Gasteiger partial charge in [-0.25, -0.2) is 4.98 Å². The summed E-state index contributed by atoms with van der Waals surface area (Å²) in [4.78, 5) is 15.8. The smallest absolute Gasteiger partial charge is 0.252 e. The molecule has 1 amide bonds. The van der Waals surface area contributed by atoms with Crippen LogP contribution < -0.4 is 10.6 Å². The van der Waals surface area contributed by atoms with E-state index in [1.165, 1.54) is 6.20 Å². The van der Waals surface area contributed by atoms with Crippen LogP contribution in [0.5, 0.6) is 0 Å². The molecule has 1 atom stereocenters. The zero-order chi connectivity index (χ0) is 15.9. The Hall–Kier alpha value is -2.40. The number of hydrogen-bond acceptors (Lipinski definition) is 4. The van der Waals surface area contributed by atoms with Gasteiger partial charge >= 0.3 is 0 Å². The van der Waals surface area contributed by atoms with Gasteiger partial charge in [0.25, 0.3) is 5.91 Å². The van der Waals surface area contributed by atoms with Gasteiger partial charge in [-0.3, -0.25) is 4.79 Å². The Balaban J connectivity index is 1.94. The molecule has 0 spiro atoms. The van der Waals surface area contributed by atoms with Crippen molar-refractivity contribution >= 4 is 11.7 Å². The van der Waals surface area contributed by atoms with Crippen LogP contribution >= 0.6 is 0 Å². The van der Waals surface area contributed by atoms with Crippen molar-refractivity contribution in [3.8, 4) is 0 Å². The second-order valence-corrected chi connectivity index (χ2v) is 5.04. The van der Waals surface area contributed by atoms with Gasteiger partial charge in [0.2, 0.25) is 0 Å². The molecule has 116 valence electrons. The van der Waals surface area contributed by atoms with Crippen LogP contribution in [0.25, 0.3) is 0 Å². The number of aliphatic hydroxyl groups is 1. The minimum atomic E-state index is -0.605. The van der Waals surface area contributed by atoms with Crippen LogP contribution in [-0.2, 0) is 0 Å². The molecule has 0 saturated heterocycles. The van der Waals surface area contributed by atoms with Crippen molar-refractivity contribution in [2.75, 3.05) is 18.4 Å². The van der Waals surface area contributed by atoms with E-state index in [2.05, 4.69) is 15.6 Å². The number of rotatable bonds is 6. The molecule has 3 N–H and O–H groups in total. The van der Waals surface area contributed by atoms with Gasteiger partial charge in [-0.15, -0.1) is 0 Å². The Morgan fingerprint density at radius 2 is 2.05 bits per heavy atom. The third kappa shape index (κ3) is 4.05. The molecule has 2 aromatic rings. The molecule has 5 nitrogen and oxygen atoms in total. The lowest BCUT2D eigenvalue weighted by Crippen LogP contribution is -2.22. The Labute approximate surface area is 130 Å². The number of amides is 1. The third-order valence-electron chi connectivity index (χ3n) is 3.39. The normalized spacial score (nSPS) is 11.8. The van der Waals surface area contributed by atoms with E-state index in [1.807, 2.05) is 38.1 Å². The van der Waals surface area contributed by atoms with Gasteiger partial charge in [-0.2, -0.15) is 0 Å². The van der Waals surface area contributed by atoms with Gasteiger partial charge in [-0.05, 0) is 37.1 Å². The first kappa shape index (κ1) is 16.0. The second kappa shape index (κ2) is 7.56. The predicted molar refractivity (Wildman–Crippen MR) is 86.9 cm³/mol. The number of pyridine rings is 1. The molecular weight excluding hydrogens is 278 g/mol. The number of aromatic nitrogens is 1. The molecule has 0 saturated carbocycles. The zero-order valence-corrected chi connectivity index (χ0v) is 12.8. The Bertz CT molecular complexity index is 626. The maximum atomic E-state index is 11.6. The Kier molecular flexibility index (Phi) is 5.49. The Morgan fingerprint density at radius 3 is 2.68 bits per heavy atom. The third-order valence-corrected chi connectivity index (χ3v) is 3.39. The summed E-state index contributed by atoms with van der Waals surface area (Å²) < 4.78 is 0. The van der Waals surface area contributed by atoms with Gasteiger partial charge in [0.05, 0.1) is 11.7 Å². The largest absolute Gasteiger partial charge is 0.387 e. The van der Waals surface area contributed by atoms with Gasteiger partial charge < -0.3 is 15.7 Å². The number of carbonyl (C=O) groups is 1. The second-order valence-electron chi connectivity index (χ2n) is 5.04. The van der Waals surface area contributed by atoms with E-state index in [0.717, 1.165) is 11.1 Å². The van der Waals surface area contributed by atoms with Crippen LogP contribution in [0.3, 0.4) is 0 Å². The number of nitrogens with one attached hydrogen (secondary N) is 2. The molecule has 5 heteroatoms. The van der Waals surface area contributed by atoms with E-state index in [0.29, 0.717) is 24.5 Å². The van der Waals surface area contributed by atoms with Crippen molar-refractivity contribution in [1.82, 2.24) is 10.3 Å². The van der Waals surface area contributed by atoms with Crippen LogP contribution in [-0.4, -0.2) is 29.1 Å². The molecule has 0 aliphatic carbocycles. The maximum absolute atomic E-state index is 11.6. The average molecular weight is 299 g/mol. The van der Waals surface area contributed by atoms with Crippen LogP contribution in [0, 0.1) is 6.92 Å². The van der Waals surface area contributed by atoms with Gasteiger partial charge in [-0.1, -0.05) is 24.3 Å². The Morgan fingerprint density at radius 1 is 1.27 bits per heavy atom. The molecule has 22 heavy (non-hydrogen) atoms. The minimum absolute atomic E-state index is 0.138. The van der Waals surface area contributed by atoms with Crippen molar-refractivity contribution in [3.63, 3.8) is 0 Å². The topological polar surface area (TPSA) is 74.2 Å².